The number of amides is 1. The van der Waals surface area contributed by atoms with Crippen LogP contribution in [-0.4, -0.2) is 37.7 Å². The molecule has 104 valence electrons. The molecule has 0 atom stereocenters. The standard InChI is InChI=1S/C13H17NO5/c1-18-10-4-5-11(19-2)9(7-10)3-6-12(15)14-8-13(16)17/h4-5,7H,3,6,8H2,1-2H3,(H,14,15)(H,16,17). The molecule has 0 aliphatic carbocycles. The Kier molecular flexibility index (Phi) is 5.66. The van der Waals surface area contributed by atoms with Gasteiger partial charge in [0.25, 0.3) is 0 Å². The van der Waals surface area contributed by atoms with Crippen LogP contribution >= 0.6 is 0 Å². The van der Waals surface area contributed by atoms with Crippen molar-refractivity contribution in [2.75, 3.05) is 20.8 Å². The van der Waals surface area contributed by atoms with Crippen LogP contribution in [0.25, 0.3) is 0 Å². The second kappa shape index (κ2) is 7.25. The Balaban J connectivity index is 2.60. The number of carboxylic acids is 1. The molecule has 2 N–H and O–H groups in total. The number of carbonyl (C=O) groups excluding carboxylic acids is 1. The van der Waals surface area contributed by atoms with Crippen LogP contribution in [0.3, 0.4) is 0 Å². The fourth-order valence-electron chi connectivity index (χ4n) is 1.59. The van der Waals surface area contributed by atoms with Crippen molar-refractivity contribution in [2.45, 2.75) is 12.8 Å². The second-order valence-electron chi connectivity index (χ2n) is 3.85. The summed E-state index contributed by atoms with van der Waals surface area (Å²) in [7, 11) is 3.11. The Morgan fingerprint density at radius 2 is 2.00 bits per heavy atom. The Labute approximate surface area is 111 Å². The van der Waals surface area contributed by atoms with E-state index in [4.69, 9.17) is 14.6 Å². The SMILES string of the molecule is COc1ccc(OC)c(CCC(=O)NCC(=O)O)c1. The molecule has 0 aliphatic heterocycles. The molecule has 6 nitrogen and oxygen atoms in total. The Morgan fingerprint density at radius 1 is 1.26 bits per heavy atom. The summed E-state index contributed by atoms with van der Waals surface area (Å²) < 4.78 is 10.3. The van der Waals surface area contributed by atoms with Gasteiger partial charge in [0, 0.05) is 6.42 Å². The van der Waals surface area contributed by atoms with Crippen LogP contribution < -0.4 is 14.8 Å². The molecule has 19 heavy (non-hydrogen) atoms. The lowest BCUT2D eigenvalue weighted by Gasteiger charge is -2.10. The van der Waals surface area contributed by atoms with Crippen LogP contribution in [0.2, 0.25) is 0 Å². The van der Waals surface area contributed by atoms with Crippen molar-refractivity contribution in [2.24, 2.45) is 0 Å². The van der Waals surface area contributed by atoms with Crippen molar-refractivity contribution in [3.05, 3.63) is 23.8 Å². The van der Waals surface area contributed by atoms with E-state index >= 15 is 0 Å². The van der Waals surface area contributed by atoms with Crippen molar-refractivity contribution >= 4 is 11.9 Å². The normalized spacial score (nSPS) is 9.79. The number of aliphatic carboxylic acids is 1. The predicted molar refractivity (Wildman–Crippen MR) is 68.5 cm³/mol. The molecule has 6 heteroatoms. The van der Waals surface area contributed by atoms with Crippen LogP contribution in [0, 0.1) is 0 Å². The monoisotopic (exact) mass is 267 g/mol. The molecule has 0 aromatic heterocycles. The third-order valence-electron chi connectivity index (χ3n) is 2.55. The molecule has 0 saturated carbocycles. The zero-order chi connectivity index (χ0) is 14.3. The fourth-order valence-corrected chi connectivity index (χ4v) is 1.59. The summed E-state index contributed by atoms with van der Waals surface area (Å²) in [5, 5.41) is 10.8. The summed E-state index contributed by atoms with van der Waals surface area (Å²) >= 11 is 0. The van der Waals surface area contributed by atoms with Crippen molar-refractivity contribution in [1.29, 1.82) is 0 Å². The molecule has 1 aromatic rings. The molecule has 0 unspecified atom stereocenters. The molecule has 0 heterocycles. The number of nitrogens with one attached hydrogen (secondary N) is 1. The van der Waals surface area contributed by atoms with Crippen molar-refractivity contribution in [3.8, 4) is 11.5 Å². The molecular formula is C13H17NO5. The zero-order valence-corrected chi connectivity index (χ0v) is 10.9. The van der Waals surface area contributed by atoms with E-state index in [1.165, 1.54) is 0 Å². The first kappa shape index (κ1) is 14.8. The van der Waals surface area contributed by atoms with E-state index in [0.29, 0.717) is 17.9 Å². The van der Waals surface area contributed by atoms with Gasteiger partial charge in [-0.15, -0.1) is 0 Å². The molecule has 1 aromatic carbocycles. The maximum Gasteiger partial charge on any atom is 0.322 e. The summed E-state index contributed by atoms with van der Waals surface area (Å²) in [5.41, 5.74) is 0.840. The Morgan fingerprint density at radius 3 is 2.58 bits per heavy atom. The number of hydrogen-bond donors (Lipinski definition) is 2. The first-order valence-electron chi connectivity index (χ1n) is 5.76. The topological polar surface area (TPSA) is 84.9 Å². The minimum absolute atomic E-state index is 0.191. The molecule has 1 rings (SSSR count). The highest BCUT2D eigenvalue weighted by Crippen LogP contribution is 2.24. The van der Waals surface area contributed by atoms with Crippen LogP contribution in [0.1, 0.15) is 12.0 Å². The average Bonchev–Trinajstić information content (AvgIpc) is 2.42. The van der Waals surface area contributed by atoms with Gasteiger partial charge in [-0.05, 0) is 30.2 Å². The van der Waals surface area contributed by atoms with E-state index in [0.717, 1.165) is 5.56 Å². The van der Waals surface area contributed by atoms with Crippen molar-refractivity contribution in [3.63, 3.8) is 0 Å². The maximum atomic E-state index is 11.4. The van der Waals surface area contributed by atoms with Gasteiger partial charge in [-0.1, -0.05) is 0 Å². The zero-order valence-electron chi connectivity index (χ0n) is 10.9. The molecule has 0 spiro atoms. The van der Waals surface area contributed by atoms with Crippen LogP contribution in [-0.2, 0) is 16.0 Å². The summed E-state index contributed by atoms with van der Waals surface area (Å²) in [4.78, 5) is 21.7. The quantitative estimate of drug-likeness (QED) is 0.764. The van der Waals surface area contributed by atoms with Gasteiger partial charge in [-0.2, -0.15) is 0 Å². The van der Waals surface area contributed by atoms with E-state index in [1.54, 1.807) is 32.4 Å². The number of rotatable bonds is 7. The third-order valence-corrected chi connectivity index (χ3v) is 2.55. The smallest absolute Gasteiger partial charge is 0.322 e. The molecular weight excluding hydrogens is 250 g/mol. The van der Waals surface area contributed by atoms with Gasteiger partial charge in [0.15, 0.2) is 0 Å². The summed E-state index contributed by atoms with van der Waals surface area (Å²) in [6, 6.07) is 5.33. The minimum atomic E-state index is -1.06. The van der Waals surface area contributed by atoms with Gasteiger partial charge < -0.3 is 19.9 Å². The van der Waals surface area contributed by atoms with E-state index in [1.807, 2.05) is 0 Å². The lowest BCUT2D eigenvalue weighted by atomic mass is 10.1. The van der Waals surface area contributed by atoms with Crippen LogP contribution in [0.5, 0.6) is 11.5 Å². The van der Waals surface area contributed by atoms with Crippen LogP contribution in [0.15, 0.2) is 18.2 Å². The molecule has 0 bridgehead atoms. The minimum Gasteiger partial charge on any atom is -0.497 e. The number of hydrogen-bond acceptors (Lipinski definition) is 4. The van der Waals surface area contributed by atoms with Gasteiger partial charge in [0.2, 0.25) is 5.91 Å². The highest BCUT2D eigenvalue weighted by molar-refractivity contribution is 5.81. The average molecular weight is 267 g/mol. The number of carbonyl (C=O) groups is 2. The first-order chi connectivity index (χ1) is 9.06. The van der Waals surface area contributed by atoms with E-state index in [9.17, 15) is 9.59 Å². The highest BCUT2D eigenvalue weighted by Gasteiger charge is 2.09. The van der Waals surface area contributed by atoms with Crippen molar-refractivity contribution in [1.82, 2.24) is 5.32 Å². The maximum absolute atomic E-state index is 11.4. The molecule has 0 aliphatic rings. The number of methoxy groups -OCH3 is 2. The van der Waals surface area contributed by atoms with Gasteiger partial charge in [-0.25, -0.2) is 0 Å². The summed E-state index contributed by atoms with van der Waals surface area (Å²) in [6.07, 6.45) is 0.642. The number of ether oxygens (including phenoxy) is 2. The number of aryl methyl sites for hydroxylation is 1. The highest BCUT2D eigenvalue weighted by atomic mass is 16.5. The van der Waals surface area contributed by atoms with E-state index < -0.39 is 5.97 Å². The molecule has 1 amide bonds. The lowest BCUT2D eigenvalue weighted by molar-refractivity contribution is -0.137. The molecule has 0 saturated heterocycles. The van der Waals surface area contributed by atoms with E-state index in [-0.39, 0.29) is 18.9 Å². The summed E-state index contributed by atoms with van der Waals surface area (Å²) in [6.45, 7) is -0.367. The second-order valence-corrected chi connectivity index (χ2v) is 3.85. The van der Waals surface area contributed by atoms with E-state index in [2.05, 4.69) is 5.32 Å². The summed E-state index contributed by atoms with van der Waals surface area (Å²) in [5.74, 6) is -0.0202. The fraction of sp³-hybridized carbons (Fsp3) is 0.385. The van der Waals surface area contributed by atoms with Gasteiger partial charge >= 0.3 is 5.97 Å². The van der Waals surface area contributed by atoms with Gasteiger partial charge in [-0.3, -0.25) is 9.59 Å². The van der Waals surface area contributed by atoms with Crippen molar-refractivity contribution < 1.29 is 24.2 Å². The van der Waals surface area contributed by atoms with Crippen LogP contribution in [0.4, 0.5) is 0 Å². The third kappa shape index (κ3) is 4.87. The van der Waals surface area contributed by atoms with Gasteiger partial charge in [0.05, 0.1) is 14.2 Å². The first-order valence-corrected chi connectivity index (χ1v) is 5.76. The Bertz CT molecular complexity index is 458. The number of carboxylic acid groups (broad SMARTS) is 1. The molecule has 0 fully saturated rings. The molecule has 0 radical (unpaired) electrons. The predicted octanol–water partition coefficient (Wildman–Crippen LogP) is 0.837. The lowest BCUT2D eigenvalue weighted by Crippen LogP contribution is -2.29. The Hall–Kier alpha value is -2.24. The largest absolute Gasteiger partial charge is 0.497 e. The van der Waals surface area contributed by atoms with Gasteiger partial charge in [0.1, 0.15) is 18.0 Å². The number of benzene rings is 1.